The average molecular weight is 391 g/mol. The lowest BCUT2D eigenvalue weighted by Gasteiger charge is -2.14. The molecule has 0 spiro atoms. The van der Waals surface area contributed by atoms with E-state index in [1.165, 1.54) is 25.1 Å². The van der Waals surface area contributed by atoms with Gasteiger partial charge >= 0.3 is 12.1 Å². The molecule has 0 bridgehead atoms. The first-order valence-corrected chi connectivity index (χ1v) is 8.50. The molecule has 0 aliphatic rings. The Kier molecular flexibility index (Phi) is 6.62. The molecule has 0 aliphatic carbocycles. The van der Waals surface area contributed by atoms with E-state index in [4.69, 9.17) is 4.74 Å². The quantitative estimate of drug-likeness (QED) is 0.582. The van der Waals surface area contributed by atoms with E-state index >= 15 is 0 Å². The minimum absolute atomic E-state index is 0.194. The molecule has 2 rings (SSSR count). The lowest BCUT2D eigenvalue weighted by molar-refractivity contribution is -0.148. The number of aryl methyl sites for hydroxylation is 2. The molecule has 0 fully saturated rings. The largest absolute Gasteiger partial charge is 0.449 e. The van der Waals surface area contributed by atoms with Gasteiger partial charge in [-0.25, -0.2) is 4.79 Å². The second kappa shape index (κ2) is 8.73. The van der Waals surface area contributed by atoms with Gasteiger partial charge in [0.25, 0.3) is 5.91 Å². The highest BCUT2D eigenvalue weighted by Gasteiger charge is 2.30. The molecule has 1 amide bonds. The number of alkyl halides is 3. The molecule has 148 valence electrons. The minimum atomic E-state index is -4.47. The van der Waals surface area contributed by atoms with Gasteiger partial charge < -0.3 is 10.1 Å². The van der Waals surface area contributed by atoms with Crippen LogP contribution in [-0.4, -0.2) is 18.0 Å². The molecule has 2 aromatic rings. The lowest BCUT2D eigenvalue weighted by atomic mass is 10.1. The highest BCUT2D eigenvalue weighted by Crippen LogP contribution is 2.29. The van der Waals surface area contributed by atoms with Crippen molar-refractivity contribution in [3.63, 3.8) is 0 Å². The van der Waals surface area contributed by atoms with Gasteiger partial charge in [-0.2, -0.15) is 13.2 Å². The Morgan fingerprint density at radius 3 is 2.50 bits per heavy atom. The first-order chi connectivity index (χ1) is 13.1. The Morgan fingerprint density at radius 1 is 1.11 bits per heavy atom. The summed E-state index contributed by atoms with van der Waals surface area (Å²) in [6, 6.07) is 10.1. The van der Waals surface area contributed by atoms with Crippen molar-refractivity contribution < 1.29 is 27.5 Å². The van der Waals surface area contributed by atoms with E-state index in [1.807, 2.05) is 26.0 Å². The van der Waals surface area contributed by atoms with Crippen LogP contribution in [0.25, 0.3) is 6.08 Å². The second-order valence-electron chi connectivity index (χ2n) is 6.34. The van der Waals surface area contributed by atoms with Crippen molar-refractivity contribution in [2.75, 3.05) is 5.32 Å². The number of amides is 1. The molecule has 0 aromatic heterocycles. The molecule has 0 aliphatic heterocycles. The predicted molar refractivity (Wildman–Crippen MR) is 101 cm³/mol. The number of anilines is 1. The molecule has 2 aromatic carbocycles. The number of hydrogen-bond donors (Lipinski definition) is 1. The molecule has 28 heavy (non-hydrogen) atoms. The summed E-state index contributed by atoms with van der Waals surface area (Å²) in [5.41, 5.74) is 1.83. The fourth-order valence-corrected chi connectivity index (χ4v) is 2.35. The minimum Gasteiger partial charge on any atom is -0.449 e. The Bertz CT molecular complexity index is 904. The van der Waals surface area contributed by atoms with Crippen molar-refractivity contribution in [1.29, 1.82) is 0 Å². The van der Waals surface area contributed by atoms with Crippen LogP contribution in [0, 0.1) is 13.8 Å². The average Bonchev–Trinajstić information content (AvgIpc) is 2.62. The number of rotatable bonds is 5. The number of esters is 1. The Morgan fingerprint density at radius 2 is 1.82 bits per heavy atom. The van der Waals surface area contributed by atoms with Crippen LogP contribution in [0.3, 0.4) is 0 Å². The van der Waals surface area contributed by atoms with Crippen LogP contribution in [0.4, 0.5) is 18.9 Å². The summed E-state index contributed by atoms with van der Waals surface area (Å²) in [7, 11) is 0. The molecular weight excluding hydrogens is 371 g/mol. The van der Waals surface area contributed by atoms with Gasteiger partial charge in [0.1, 0.15) is 0 Å². The number of halogens is 3. The van der Waals surface area contributed by atoms with Crippen molar-refractivity contribution in [3.8, 4) is 0 Å². The standard InChI is InChI=1S/C21H20F3NO3/c1-13-7-8-14(2)18(11-13)25-20(27)15(3)28-19(26)10-9-16-5-4-6-17(12-16)21(22,23)24/h4-12,15H,1-3H3,(H,25,27)/b10-9+. The molecule has 0 radical (unpaired) electrons. The van der Waals surface area contributed by atoms with Gasteiger partial charge in [-0.3, -0.25) is 4.79 Å². The van der Waals surface area contributed by atoms with Gasteiger partial charge in [0.05, 0.1) is 5.56 Å². The van der Waals surface area contributed by atoms with Crippen LogP contribution in [-0.2, 0) is 20.5 Å². The van der Waals surface area contributed by atoms with Crippen LogP contribution in [0.5, 0.6) is 0 Å². The number of benzene rings is 2. The first-order valence-electron chi connectivity index (χ1n) is 8.50. The summed E-state index contributed by atoms with van der Waals surface area (Å²) in [6.07, 6.45) is -3.35. The molecule has 0 saturated heterocycles. The van der Waals surface area contributed by atoms with Crippen LogP contribution < -0.4 is 5.32 Å². The molecule has 1 atom stereocenters. The van der Waals surface area contributed by atoms with Crippen molar-refractivity contribution in [2.45, 2.75) is 33.1 Å². The molecule has 4 nitrogen and oxygen atoms in total. The van der Waals surface area contributed by atoms with Crippen LogP contribution in [0.2, 0.25) is 0 Å². The van der Waals surface area contributed by atoms with Crippen LogP contribution in [0.15, 0.2) is 48.5 Å². The summed E-state index contributed by atoms with van der Waals surface area (Å²) >= 11 is 0. The summed E-state index contributed by atoms with van der Waals surface area (Å²) in [6.45, 7) is 5.14. The molecule has 1 N–H and O–H groups in total. The van der Waals surface area contributed by atoms with E-state index in [2.05, 4.69) is 5.32 Å². The van der Waals surface area contributed by atoms with E-state index in [1.54, 1.807) is 6.07 Å². The number of carbonyl (C=O) groups excluding carboxylic acids is 2. The zero-order chi connectivity index (χ0) is 20.9. The Labute approximate surface area is 161 Å². The number of nitrogens with one attached hydrogen (secondary N) is 1. The second-order valence-corrected chi connectivity index (χ2v) is 6.34. The normalized spacial score (nSPS) is 12.6. The SMILES string of the molecule is Cc1ccc(C)c(NC(=O)C(C)OC(=O)/C=C/c2cccc(C(F)(F)F)c2)c1. The summed E-state index contributed by atoms with van der Waals surface area (Å²) in [5, 5.41) is 2.69. The Hall–Kier alpha value is -3.09. The Balaban J connectivity index is 1.97. The maximum Gasteiger partial charge on any atom is 0.416 e. The number of carbonyl (C=O) groups is 2. The van der Waals surface area contributed by atoms with Crippen LogP contribution in [0.1, 0.15) is 29.2 Å². The highest BCUT2D eigenvalue weighted by molar-refractivity contribution is 5.97. The van der Waals surface area contributed by atoms with E-state index in [0.29, 0.717) is 5.69 Å². The third kappa shape index (κ3) is 5.97. The number of hydrogen-bond acceptors (Lipinski definition) is 3. The molecule has 0 saturated carbocycles. The van der Waals surface area contributed by atoms with Gasteiger partial charge in [0, 0.05) is 11.8 Å². The third-order valence-electron chi connectivity index (χ3n) is 3.94. The smallest absolute Gasteiger partial charge is 0.416 e. The van der Waals surface area contributed by atoms with E-state index < -0.39 is 29.7 Å². The maximum atomic E-state index is 12.7. The zero-order valence-corrected chi connectivity index (χ0v) is 15.6. The van der Waals surface area contributed by atoms with Gasteiger partial charge in [-0.15, -0.1) is 0 Å². The van der Waals surface area contributed by atoms with Crippen molar-refractivity contribution in [2.24, 2.45) is 0 Å². The summed E-state index contributed by atoms with van der Waals surface area (Å²) in [5.74, 6) is -1.34. The van der Waals surface area contributed by atoms with Gasteiger partial charge in [-0.1, -0.05) is 24.3 Å². The van der Waals surface area contributed by atoms with Crippen molar-refractivity contribution in [1.82, 2.24) is 0 Å². The van der Waals surface area contributed by atoms with Gasteiger partial charge in [-0.05, 0) is 61.7 Å². The molecular formula is C21H20F3NO3. The fourth-order valence-electron chi connectivity index (χ4n) is 2.35. The predicted octanol–water partition coefficient (Wildman–Crippen LogP) is 4.91. The zero-order valence-electron chi connectivity index (χ0n) is 15.6. The topological polar surface area (TPSA) is 55.4 Å². The maximum absolute atomic E-state index is 12.7. The summed E-state index contributed by atoms with van der Waals surface area (Å²) in [4.78, 5) is 24.1. The van der Waals surface area contributed by atoms with Crippen molar-refractivity contribution >= 4 is 23.6 Å². The van der Waals surface area contributed by atoms with Crippen molar-refractivity contribution in [3.05, 3.63) is 70.8 Å². The summed E-state index contributed by atoms with van der Waals surface area (Å²) < 4.78 is 43.1. The highest BCUT2D eigenvalue weighted by atomic mass is 19.4. The molecule has 0 heterocycles. The monoisotopic (exact) mass is 391 g/mol. The molecule has 7 heteroatoms. The van der Waals surface area contributed by atoms with E-state index in [-0.39, 0.29) is 5.56 Å². The number of ether oxygens (including phenoxy) is 1. The first kappa shape index (κ1) is 21.2. The van der Waals surface area contributed by atoms with E-state index in [9.17, 15) is 22.8 Å². The van der Waals surface area contributed by atoms with Gasteiger partial charge in [0.15, 0.2) is 6.10 Å². The third-order valence-corrected chi connectivity index (χ3v) is 3.94. The molecule has 1 unspecified atom stereocenters. The lowest BCUT2D eigenvalue weighted by Crippen LogP contribution is -2.29. The van der Waals surface area contributed by atoms with Crippen LogP contribution >= 0.6 is 0 Å². The van der Waals surface area contributed by atoms with E-state index in [0.717, 1.165) is 29.3 Å². The fraction of sp³-hybridized carbons (Fsp3) is 0.238. The van der Waals surface area contributed by atoms with Gasteiger partial charge in [0.2, 0.25) is 0 Å².